The average Bonchev–Trinajstić information content (AvgIpc) is 2.47. The third-order valence-electron chi connectivity index (χ3n) is 3.53. The predicted molar refractivity (Wildman–Crippen MR) is 83.8 cm³/mol. The number of methoxy groups -OCH3 is 1. The van der Waals surface area contributed by atoms with Gasteiger partial charge in [-0.1, -0.05) is 0 Å². The number of nitrogens with zero attached hydrogens (tertiary/aromatic N) is 1. The summed E-state index contributed by atoms with van der Waals surface area (Å²) in [7, 11) is 1.45. The molecule has 0 saturated carbocycles. The molecule has 108 valence electrons. The lowest BCUT2D eigenvalue weighted by Crippen LogP contribution is -2.36. The Kier molecular flexibility index (Phi) is 4.79. The Bertz CT molecular complexity index is 482. The summed E-state index contributed by atoms with van der Waals surface area (Å²) in [6.07, 6.45) is 1.67. The fraction of sp³-hybridized carbons (Fsp3) is 0.429. The highest BCUT2D eigenvalue weighted by molar-refractivity contribution is 7.80. The van der Waals surface area contributed by atoms with Crippen molar-refractivity contribution < 1.29 is 9.53 Å². The number of nitrogens with two attached hydrogens (primary N) is 1. The van der Waals surface area contributed by atoms with Crippen molar-refractivity contribution in [3.8, 4) is 0 Å². The maximum atomic E-state index is 11.5. The summed E-state index contributed by atoms with van der Waals surface area (Å²) in [4.78, 5) is 13.8. The molecule has 0 bridgehead atoms. The first-order valence-electron chi connectivity index (χ1n) is 6.59. The Morgan fingerprint density at radius 2 is 1.95 bits per heavy atom. The van der Waals surface area contributed by atoms with Crippen LogP contribution in [0.2, 0.25) is 0 Å². The van der Waals surface area contributed by atoms with Crippen molar-refractivity contribution in [2.75, 3.05) is 30.4 Å². The lowest BCUT2D eigenvalue weighted by Gasteiger charge is -2.32. The number of nitrogens with one attached hydrogen (secondary N) is 1. The monoisotopic (exact) mass is 293 g/mol. The van der Waals surface area contributed by atoms with E-state index >= 15 is 0 Å². The fourth-order valence-electron chi connectivity index (χ4n) is 2.44. The minimum Gasteiger partial charge on any atom is -0.469 e. The molecular weight excluding hydrogens is 274 g/mol. The maximum absolute atomic E-state index is 11.5. The molecule has 0 radical (unpaired) electrons. The zero-order valence-corrected chi connectivity index (χ0v) is 12.3. The van der Waals surface area contributed by atoms with Gasteiger partial charge in [0.25, 0.3) is 0 Å². The molecule has 20 heavy (non-hydrogen) atoms. The highest BCUT2D eigenvalue weighted by Crippen LogP contribution is 2.25. The van der Waals surface area contributed by atoms with Gasteiger partial charge in [0.05, 0.1) is 13.0 Å². The summed E-state index contributed by atoms with van der Waals surface area (Å²) in [6, 6.07) is 7.94. The zero-order valence-electron chi connectivity index (χ0n) is 11.5. The Hall–Kier alpha value is -1.82. The molecule has 5 nitrogen and oxygen atoms in total. The SMILES string of the molecule is COC(=O)C1CCN(c2ccc(NC(N)=S)cc2)CC1. The van der Waals surface area contributed by atoms with E-state index in [0.29, 0.717) is 0 Å². The number of piperidine rings is 1. The van der Waals surface area contributed by atoms with Crippen molar-refractivity contribution in [1.82, 2.24) is 0 Å². The molecule has 1 aromatic carbocycles. The molecule has 1 aromatic rings. The van der Waals surface area contributed by atoms with Crippen molar-refractivity contribution >= 4 is 34.7 Å². The quantitative estimate of drug-likeness (QED) is 0.653. The topological polar surface area (TPSA) is 67.6 Å². The van der Waals surface area contributed by atoms with E-state index in [-0.39, 0.29) is 17.0 Å². The number of benzene rings is 1. The molecule has 1 saturated heterocycles. The van der Waals surface area contributed by atoms with Crippen LogP contribution < -0.4 is 16.0 Å². The average molecular weight is 293 g/mol. The van der Waals surface area contributed by atoms with Gasteiger partial charge in [-0.05, 0) is 49.3 Å². The normalized spacial score (nSPS) is 15.8. The van der Waals surface area contributed by atoms with E-state index in [0.717, 1.165) is 37.3 Å². The third kappa shape index (κ3) is 3.60. The van der Waals surface area contributed by atoms with Gasteiger partial charge in [-0.3, -0.25) is 4.79 Å². The van der Waals surface area contributed by atoms with Gasteiger partial charge in [0, 0.05) is 24.5 Å². The van der Waals surface area contributed by atoms with Crippen molar-refractivity contribution in [2.24, 2.45) is 11.7 Å². The molecule has 0 spiro atoms. The second kappa shape index (κ2) is 6.56. The molecule has 0 amide bonds. The molecule has 1 heterocycles. The van der Waals surface area contributed by atoms with E-state index in [1.807, 2.05) is 24.3 Å². The Morgan fingerprint density at radius 3 is 2.45 bits per heavy atom. The van der Waals surface area contributed by atoms with Crippen molar-refractivity contribution in [2.45, 2.75) is 12.8 Å². The molecule has 0 aliphatic carbocycles. The van der Waals surface area contributed by atoms with E-state index in [9.17, 15) is 4.79 Å². The molecule has 0 atom stereocenters. The van der Waals surface area contributed by atoms with Gasteiger partial charge in [-0.15, -0.1) is 0 Å². The molecule has 3 N–H and O–H groups in total. The number of esters is 1. The van der Waals surface area contributed by atoms with E-state index < -0.39 is 0 Å². The van der Waals surface area contributed by atoms with Crippen LogP contribution >= 0.6 is 12.2 Å². The van der Waals surface area contributed by atoms with E-state index in [4.69, 9.17) is 22.7 Å². The summed E-state index contributed by atoms with van der Waals surface area (Å²) in [6.45, 7) is 1.73. The van der Waals surface area contributed by atoms with Gasteiger partial charge < -0.3 is 20.7 Å². The van der Waals surface area contributed by atoms with Crippen LogP contribution in [0.1, 0.15) is 12.8 Å². The molecule has 1 aliphatic rings. The number of anilines is 2. The second-order valence-electron chi connectivity index (χ2n) is 4.82. The number of thiocarbonyl (C=S) groups is 1. The number of ether oxygens (including phenoxy) is 1. The van der Waals surface area contributed by atoms with E-state index in [2.05, 4.69) is 10.2 Å². The van der Waals surface area contributed by atoms with Crippen LogP contribution in [0.25, 0.3) is 0 Å². The van der Waals surface area contributed by atoms with Gasteiger partial charge >= 0.3 is 5.97 Å². The first kappa shape index (κ1) is 14.6. The van der Waals surface area contributed by atoms with Crippen LogP contribution in [-0.4, -0.2) is 31.3 Å². The summed E-state index contributed by atoms with van der Waals surface area (Å²) < 4.78 is 4.79. The maximum Gasteiger partial charge on any atom is 0.308 e. The summed E-state index contributed by atoms with van der Waals surface area (Å²) in [5, 5.41) is 3.15. The van der Waals surface area contributed by atoms with Crippen LogP contribution in [0, 0.1) is 5.92 Å². The molecule has 0 unspecified atom stereocenters. The van der Waals surface area contributed by atoms with Crippen molar-refractivity contribution in [3.63, 3.8) is 0 Å². The predicted octanol–water partition coefficient (Wildman–Crippen LogP) is 1.73. The Balaban J connectivity index is 1.93. The van der Waals surface area contributed by atoms with Gasteiger partial charge in [-0.25, -0.2) is 0 Å². The third-order valence-corrected chi connectivity index (χ3v) is 3.63. The first-order valence-corrected chi connectivity index (χ1v) is 7.00. The largest absolute Gasteiger partial charge is 0.469 e. The molecule has 2 rings (SSSR count). The summed E-state index contributed by atoms with van der Waals surface area (Å²) in [5.41, 5.74) is 7.45. The van der Waals surface area contributed by atoms with Crippen LogP contribution in [0.5, 0.6) is 0 Å². The number of hydrogen-bond acceptors (Lipinski definition) is 4. The van der Waals surface area contributed by atoms with Gasteiger partial charge in [0.2, 0.25) is 0 Å². The molecule has 6 heteroatoms. The van der Waals surface area contributed by atoms with Gasteiger partial charge in [-0.2, -0.15) is 0 Å². The molecule has 1 aliphatic heterocycles. The highest BCUT2D eigenvalue weighted by atomic mass is 32.1. The summed E-state index contributed by atoms with van der Waals surface area (Å²) in [5.74, 6) is -0.0625. The van der Waals surface area contributed by atoms with Crippen molar-refractivity contribution in [3.05, 3.63) is 24.3 Å². The van der Waals surface area contributed by atoms with Crippen LogP contribution in [0.3, 0.4) is 0 Å². The fourth-order valence-corrected chi connectivity index (χ4v) is 2.56. The van der Waals surface area contributed by atoms with Crippen LogP contribution in [0.15, 0.2) is 24.3 Å². The van der Waals surface area contributed by atoms with Crippen LogP contribution in [-0.2, 0) is 9.53 Å². The highest BCUT2D eigenvalue weighted by Gasteiger charge is 2.25. The number of rotatable bonds is 3. The molecule has 1 fully saturated rings. The minimum atomic E-state index is -0.0966. The second-order valence-corrected chi connectivity index (χ2v) is 5.26. The number of hydrogen-bond donors (Lipinski definition) is 2. The minimum absolute atomic E-state index is 0.0341. The van der Waals surface area contributed by atoms with Gasteiger partial charge in [0.15, 0.2) is 5.11 Å². The Labute approximate surface area is 124 Å². The lowest BCUT2D eigenvalue weighted by atomic mass is 9.96. The standard InChI is InChI=1S/C14H19N3O2S/c1-19-13(18)10-6-8-17(9-7-10)12-4-2-11(3-5-12)16-14(15)20/h2-5,10H,6-9H2,1H3,(H3,15,16,20). The molecule has 0 aromatic heterocycles. The number of carbonyl (C=O) groups excluding carboxylic acids is 1. The van der Waals surface area contributed by atoms with Crippen molar-refractivity contribution in [1.29, 1.82) is 0 Å². The van der Waals surface area contributed by atoms with Crippen LogP contribution in [0.4, 0.5) is 11.4 Å². The zero-order chi connectivity index (χ0) is 14.5. The van der Waals surface area contributed by atoms with E-state index in [1.54, 1.807) is 0 Å². The lowest BCUT2D eigenvalue weighted by molar-refractivity contribution is -0.146. The number of carbonyl (C=O) groups is 1. The first-order chi connectivity index (χ1) is 9.60. The molecular formula is C14H19N3O2S. The van der Waals surface area contributed by atoms with Gasteiger partial charge in [0.1, 0.15) is 0 Å². The van der Waals surface area contributed by atoms with E-state index in [1.165, 1.54) is 7.11 Å². The Morgan fingerprint density at radius 1 is 1.35 bits per heavy atom. The summed E-state index contributed by atoms with van der Waals surface area (Å²) >= 11 is 4.80. The smallest absolute Gasteiger partial charge is 0.308 e.